The quantitative estimate of drug-likeness (QED) is 0.648. The summed E-state index contributed by atoms with van der Waals surface area (Å²) < 4.78 is 7.26. The molecule has 2 aromatic carbocycles. The molecule has 7 nitrogen and oxygen atoms in total. The lowest BCUT2D eigenvalue weighted by Crippen LogP contribution is -3.15. The zero-order chi connectivity index (χ0) is 20.9. The number of nitrogens with one attached hydrogen (secondary N) is 1. The third kappa shape index (κ3) is 4.46. The van der Waals surface area contributed by atoms with Crippen molar-refractivity contribution in [2.75, 3.05) is 38.2 Å². The Bertz CT molecular complexity index is 916. The van der Waals surface area contributed by atoms with Crippen molar-refractivity contribution in [3.05, 3.63) is 66.0 Å². The molecule has 30 heavy (non-hydrogen) atoms. The highest BCUT2D eigenvalue weighted by Crippen LogP contribution is 2.21. The summed E-state index contributed by atoms with van der Waals surface area (Å²) in [5, 5.41) is 12.8. The van der Waals surface area contributed by atoms with Crippen LogP contribution in [0.15, 0.2) is 54.6 Å². The Balaban J connectivity index is 1.46. The molecule has 0 spiro atoms. The van der Waals surface area contributed by atoms with Crippen molar-refractivity contribution >= 4 is 5.69 Å². The first kappa shape index (κ1) is 20.3. The van der Waals surface area contributed by atoms with E-state index in [1.165, 1.54) is 11.3 Å². The van der Waals surface area contributed by atoms with Crippen molar-refractivity contribution < 1.29 is 9.64 Å². The molecule has 0 saturated carbocycles. The van der Waals surface area contributed by atoms with E-state index in [1.807, 2.05) is 22.9 Å². The van der Waals surface area contributed by atoms with Crippen LogP contribution in [0, 0.1) is 5.92 Å². The van der Waals surface area contributed by atoms with Gasteiger partial charge in [0.1, 0.15) is 5.75 Å². The lowest BCUT2D eigenvalue weighted by molar-refractivity contribution is -0.937. The van der Waals surface area contributed by atoms with Gasteiger partial charge in [0.15, 0.2) is 6.04 Å². The Labute approximate surface area is 178 Å². The molecule has 1 fully saturated rings. The smallest absolute Gasteiger partial charge is 0.209 e. The Morgan fingerprint density at radius 3 is 2.33 bits per heavy atom. The highest BCUT2D eigenvalue weighted by molar-refractivity contribution is 5.49. The second kappa shape index (κ2) is 9.26. The molecule has 158 valence electrons. The number of hydrogen-bond acceptors (Lipinski definition) is 5. The first-order valence-electron chi connectivity index (χ1n) is 10.7. The summed E-state index contributed by atoms with van der Waals surface area (Å²) in [4.78, 5) is 4.01. The summed E-state index contributed by atoms with van der Waals surface area (Å²) in [5.74, 6) is 2.34. The zero-order valence-electron chi connectivity index (χ0n) is 18.0. The average molecular weight is 408 g/mol. The van der Waals surface area contributed by atoms with Crippen LogP contribution in [0.2, 0.25) is 0 Å². The third-order valence-electron chi connectivity index (χ3n) is 5.96. The summed E-state index contributed by atoms with van der Waals surface area (Å²) >= 11 is 0. The topological polar surface area (TPSA) is 60.5 Å². The van der Waals surface area contributed by atoms with Crippen LogP contribution in [-0.2, 0) is 6.54 Å². The molecule has 1 aliphatic rings. The lowest BCUT2D eigenvalue weighted by Gasteiger charge is -2.38. The second-order valence-electron chi connectivity index (χ2n) is 8.25. The van der Waals surface area contributed by atoms with Crippen molar-refractivity contribution in [1.29, 1.82) is 0 Å². The summed E-state index contributed by atoms with van der Waals surface area (Å²) in [7, 11) is 1.70. The largest absolute Gasteiger partial charge is 0.497 e. The summed E-state index contributed by atoms with van der Waals surface area (Å²) in [5.41, 5.74) is 2.47. The molecule has 1 saturated heterocycles. The molecule has 7 heteroatoms. The van der Waals surface area contributed by atoms with Crippen LogP contribution in [0.1, 0.15) is 31.3 Å². The summed E-state index contributed by atoms with van der Waals surface area (Å²) in [6, 6.07) is 19.0. The number of quaternary nitrogens is 1. The molecular formula is C23H31N6O+. The minimum Gasteiger partial charge on any atom is -0.497 e. The Hall–Kier alpha value is -2.93. The Morgan fingerprint density at radius 2 is 1.70 bits per heavy atom. The fourth-order valence-electron chi connectivity index (χ4n) is 4.41. The van der Waals surface area contributed by atoms with Crippen molar-refractivity contribution in [3.63, 3.8) is 0 Å². The molecule has 1 N–H and O–H groups in total. The number of benzene rings is 2. The third-order valence-corrected chi connectivity index (χ3v) is 5.96. The van der Waals surface area contributed by atoms with Gasteiger partial charge in [-0.2, -0.15) is 0 Å². The summed E-state index contributed by atoms with van der Waals surface area (Å²) in [6.45, 7) is 9.41. The van der Waals surface area contributed by atoms with E-state index >= 15 is 0 Å². The lowest BCUT2D eigenvalue weighted by atomic mass is 10.0. The zero-order valence-corrected chi connectivity index (χ0v) is 18.0. The molecular weight excluding hydrogens is 376 g/mol. The minimum absolute atomic E-state index is 0.279. The first-order valence-corrected chi connectivity index (χ1v) is 10.7. The SMILES string of the molecule is COc1ccc(N2CC[NH+]([C@H](c3nnnn3Cc3ccccc3)C(C)C)CC2)cc1. The van der Waals surface area contributed by atoms with Gasteiger partial charge in [-0.15, -0.1) is 5.10 Å². The van der Waals surface area contributed by atoms with E-state index in [0.29, 0.717) is 12.5 Å². The number of anilines is 1. The number of tetrazole rings is 1. The molecule has 0 aliphatic carbocycles. The molecule has 1 aliphatic heterocycles. The highest BCUT2D eigenvalue weighted by Gasteiger charge is 2.35. The number of piperazine rings is 1. The van der Waals surface area contributed by atoms with Gasteiger partial charge in [-0.05, 0) is 40.3 Å². The number of ether oxygens (including phenoxy) is 1. The van der Waals surface area contributed by atoms with E-state index in [1.54, 1.807) is 12.0 Å². The maximum absolute atomic E-state index is 5.28. The van der Waals surface area contributed by atoms with E-state index in [2.05, 4.69) is 70.7 Å². The van der Waals surface area contributed by atoms with E-state index < -0.39 is 0 Å². The molecule has 4 rings (SSSR count). The fourth-order valence-corrected chi connectivity index (χ4v) is 4.41. The van der Waals surface area contributed by atoms with Gasteiger partial charge < -0.3 is 14.5 Å². The van der Waals surface area contributed by atoms with E-state index in [4.69, 9.17) is 4.74 Å². The van der Waals surface area contributed by atoms with Crippen LogP contribution >= 0.6 is 0 Å². The van der Waals surface area contributed by atoms with Gasteiger partial charge in [0.05, 0.1) is 39.8 Å². The molecule has 0 amide bonds. The van der Waals surface area contributed by atoms with Crippen LogP contribution in [-0.4, -0.2) is 53.5 Å². The van der Waals surface area contributed by atoms with Crippen molar-refractivity contribution in [1.82, 2.24) is 20.2 Å². The van der Waals surface area contributed by atoms with Gasteiger partial charge in [-0.25, -0.2) is 4.68 Å². The van der Waals surface area contributed by atoms with Crippen LogP contribution in [0.3, 0.4) is 0 Å². The van der Waals surface area contributed by atoms with Gasteiger partial charge >= 0.3 is 0 Å². The van der Waals surface area contributed by atoms with Gasteiger partial charge in [-0.3, -0.25) is 0 Å². The number of rotatable bonds is 7. The van der Waals surface area contributed by atoms with Gasteiger partial charge in [0.2, 0.25) is 5.82 Å². The monoisotopic (exact) mass is 407 g/mol. The van der Waals surface area contributed by atoms with Crippen LogP contribution in [0.5, 0.6) is 5.75 Å². The molecule has 1 atom stereocenters. The normalized spacial score (nSPS) is 16.1. The maximum Gasteiger partial charge on any atom is 0.209 e. The molecule has 0 unspecified atom stereocenters. The van der Waals surface area contributed by atoms with E-state index in [-0.39, 0.29) is 6.04 Å². The van der Waals surface area contributed by atoms with Gasteiger partial charge in [0.25, 0.3) is 0 Å². The van der Waals surface area contributed by atoms with Crippen molar-refractivity contribution in [2.45, 2.75) is 26.4 Å². The number of aromatic nitrogens is 4. The molecule has 0 radical (unpaired) electrons. The molecule has 2 heterocycles. The van der Waals surface area contributed by atoms with Crippen molar-refractivity contribution in [3.8, 4) is 5.75 Å². The predicted octanol–water partition coefficient (Wildman–Crippen LogP) is 1.83. The van der Waals surface area contributed by atoms with Gasteiger partial charge in [-0.1, -0.05) is 44.2 Å². The average Bonchev–Trinajstić information content (AvgIpc) is 3.22. The highest BCUT2D eigenvalue weighted by atomic mass is 16.5. The maximum atomic E-state index is 5.28. The Morgan fingerprint density at radius 1 is 1.00 bits per heavy atom. The number of nitrogens with zero attached hydrogens (tertiary/aromatic N) is 5. The summed E-state index contributed by atoms with van der Waals surface area (Å²) in [6.07, 6.45) is 0. The standard InChI is InChI=1S/C23H30N6O/c1-18(2)22(23-24-25-26-29(23)17-19-7-5-4-6-8-19)28-15-13-27(14-16-28)20-9-11-21(30-3)12-10-20/h4-12,18,22H,13-17H2,1-3H3/p+1/t22-/m0/s1. The molecule has 0 bridgehead atoms. The number of hydrogen-bond donors (Lipinski definition) is 1. The second-order valence-corrected chi connectivity index (χ2v) is 8.25. The predicted molar refractivity (Wildman–Crippen MR) is 117 cm³/mol. The van der Waals surface area contributed by atoms with Crippen LogP contribution in [0.4, 0.5) is 5.69 Å². The van der Waals surface area contributed by atoms with Gasteiger partial charge in [0, 0.05) is 11.6 Å². The minimum atomic E-state index is 0.279. The van der Waals surface area contributed by atoms with Crippen molar-refractivity contribution in [2.24, 2.45) is 5.92 Å². The van der Waals surface area contributed by atoms with Crippen LogP contribution < -0.4 is 14.5 Å². The molecule has 1 aromatic heterocycles. The number of methoxy groups -OCH3 is 1. The molecule has 3 aromatic rings. The van der Waals surface area contributed by atoms with Crippen LogP contribution in [0.25, 0.3) is 0 Å². The Kier molecular flexibility index (Phi) is 6.28. The first-order chi connectivity index (χ1) is 14.7. The fraction of sp³-hybridized carbons (Fsp3) is 0.435. The van der Waals surface area contributed by atoms with E-state index in [0.717, 1.165) is 37.8 Å². The van der Waals surface area contributed by atoms with E-state index in [9.17, 15) is 0 Å².